The van der Waals surface area contributed by atoms with Gasteiger partial charge in [0.1, 0.15) is 0 Å². The quantitative estimate of drug-likeness (QED) is 0.713. The fraction of sp³-hybridized carbons (Fsp3) is 0.182. The second kappa shape index (κ2) is 3.27. The molecule has 0 radical (unpaired) electrons. The van der Waals surface area contributed by atoms with E-state index in [1.54, 1.807) is 24.3 Å². The summed E-state index contributed by atoms with van der Waals surface area (Å²) in [4.78, 5) is 13.1. The number of hydrogen-bond acceptors (Lipinski definition) is 2. The van der Waals surface area contributed by atoms with Gasteiger partial charge in [0.25, 0.3) is 5.91 Å². The van der Waals surface area contributed by atoms with Crippen LogP contribution in [0.15, 0.2) is 36.9 Å². The third-order valence-corrected chi connectivity index (χ3v) is 2.35. The van der Waals surface area contributed by atoms with E-state index in [0.29, 0.717) is 17.7 Å². The molecule has 0 aliphatic carbocycles. The lowest BCUT2D eigenvalue weighted by atomic mass is 10.1. The first kappa shape index (κ1) is 8.97. The molecule has 1 aliphatic heterocycles. The predicted molar refractivity (Wildman–Crippen MR) is 52.6 cm³/mol. The van der Waals surface area contributed by atoms with E-state index in [9.17, 15) is 9.90 Å². The lowest BCUT2D eigenvalue weighted by molar-refractivity contribution is 0.0232. The van der Waals surface area contributed by atoms with Crippen molar-refractivity contribution in [2.24, 2.45) is 0 Å². The zero-order chi connectivity index (χ0) is 10.1. The van der Waals surface area contributed by atoms with Gasteiger partial charge in [0.2, 0.25) is 0 Å². The van der Waals surface area contributed by atoms with Gasteiger partial charge in [-0.25, -0.2) is 0 Å². The number of aliphatic hydroxyl groups is 1. The van der Waals surface area contributed by atoms with Gasteiger partial charge in [-0.2, -0.15) is 0 Å². The standard InChI is InChI=1S/C11H11NO2/c1-2-7-12-10(13)8-5-3-4-6-9(8)11(12)14/h2-6,10,13H,1,7H2/t10-/m1/s1. The molecule has 0 saturated heterocycles. The third-order valence-electron chi connectivity index (χ3n) is 2.35. The number of amides is 1. The number of fused-ring (bicyclic) bond motifs is 1. The molecule has 1 atom stereocenters. The Bertz CT molecular complexity index is 387. The Balaban J connectivity index is 2.42. The number of rotatable bonds is 2. The van der Waals surface area contributed by atoms with Gasteiger partial charge in [0.05, 0.1) is 0 Å². The van der Waals surface area contributed by atoms with E-state index >= 15 is 0 Å². The highest BCUT2D eigenvalue weighted by Gasteiger charge is 2.33. The van der Waals surface area contributed by atoms with Crippen LogP contribution in [0.1, 0.15) is 22.1 Å². The van der Waals surface area contributed by atoms with E-state index in [-0.39, 0.29) is 5.91 Å². The zero-order valence-corrected chi connectivity index (χ0v) is 7.68. The summed E-state index contributed by atoms with van der Waals surface area (Å²) in [5.74, 6) is -0.131. The third kappa shape index (κ3) is 1.14. The molecule has 1 heterocycles. The molecule has 1 aliphatic rings. The Morgan fingerprint density at radius 1 is 1.50 bits per heavy atom. The van der Waals surface area contributed by atoms with E-state index in [1.165, 1.54) is 4.90 Å². The summed E-state index contributed by atoms with van der Waals surface area (Å²) in [6.07, 6.45) is 0.782. The van der Waals surface area contributed by atoms with E-state index in [4.69, 9.17) is 0 Å². The van der Waals surface area contributed by atoms with E-state index < -0.39 is 6.23 Å². The van der Waals surface area contributed by atoms with Crippen LogP contribution < -0.4 is 0 Å². The summed E-state index contributed by atoms with van der Waals surface area (Å²) >= 11 is 0. The van der Waals surface area contributed by atoms with E-state index in [0.717, 1.165) is 0 Å². The molecule has 0 aromatic heterocycles. The van der Waals surface area contributed by atoms with Gasteiger partial charge >= 0.3 is 0 Å². The topological polar surface area (TPSA) is 40.5 Å². The van der Waals surface area contributed by atoms with Crippen molar-refractivity contribution in [3.05, 3.63) is 48.0 Å². The van der Waals surface area contributed by atoms with Gasteiger partial charge in [-0.1, -0.05) is 24.3 Å². The maximum atomic E-state index is 11.7. The van der Waals surface area contributed by atoms with Crippen LogP contribution in [0.5, 0.6) is 0 Å². The number of aliphatic hydroxyl groups excluding tert-OH is 1. The van der Waals surface area contributed by atoms with Crippen LogP contribution in [0, 0.1) is 0 Å². The molecule has 14 heavy (non-hydrogen) atoms. The molecule has 0 fully saturated rings. The second-order valence-electron chi connectivity index (χ2n) is 3.21. The van der Waals surface area contributed by atoms with Gasteiger partial charge in [-0.15, -0.1) is 6.58 Å². The second-order valence-corrected chi connectivity index (χ2v) is 3.21. The van der Waals surface area contributed by atoms with E-state index in [2.05, 4.69) is 6.58 Å². The minimum absolute atomic E-state index is 0.131. The number of nitrogens with zero attached hydrogens (tertiary/aromatic N) is 1. The lowest BCUT2D eigenvalue weighted by Crippen LogP contribution is -2.27. The highest BCUT2D eigenvalue weighted by atomic mass is 16.3. The van der Waals surface area contributed by atoms with Crippen LogP contribution in [0.25, 0.3) is 0 Å². The van der Waals surface area contributed by atoms with Crippen molar-refractivity contribution in [1.82, 2.24) is 4.90 Å². The van der Waals surface area contributed by atoms with Gasteiger partial charge in [-0.05, 0) is 6.07 Å². The van der Waals surface area contributed by atoms with Crippen molar-refractivity contribution >= 4 is 5.91 Å². The molecule has 3 nitrogen and oxygen atoms in total. The van der Waals surface area contributed by atoms with Crippen LogP contribution in [-0.2, 0) is 0 Å². The molecule has 3 heteroatoms. The van der Waals surface area contributed by atoms with Gasteiger partial charge < -0.3 is 10.0 Å². The first-order valence-electron chi connectivity index (χ1n) is 4.44. The Morgan fingerprint density at radius 2 is 2.21 bits per heavy atom. The first-order valence-corrected chi connectivity index (χ1v) is 4.44. The normalized spacial score (nSPS) is 19.6. The molecule has 2 rings (SSSR count). The average Bonchev–Trinajstić information content (AvgIpc) is 2.45. The van der Waals surface area contributed by atoms with Crippen LogP contribution in [-0.4, -0.2) is 22.5 Å². The first-order chi connectivity index (χ1) is 6.75. The molecule has 72 valence electrons. The Labute approximate surface area is 82.3 Å². The maximum absolute atomic E-state index is 11.7. The summed E-state index contributed by atoms with van der Waals surface area (Å²) in [5.41, 5.74) is 1.27. The van der Waals surface area contributed by atoms with Crippen molar-refractivity contribution in [1.29, 1.82) is 0 Å². The Morgan fingerprint density at radius 3 is 2.86 bits per heavy atom. The highest BCUT2D eigenvalue weighted by molar-refractivity contribution is 5.98. The molecular weight excluding hydrogens is 178 g/mol. The van der Waals surface area contributed by atoms with Crippen LogP contribution in [0.4, 0.5) is 0 Å². The number of carbonyl (C=O) groups excluding carboxylic acids is 1. The Hall–Kier alpha value is -1.61. The van der Waals surface area contributed by atoms with Gasteiger partial charge in [0, 0.05) is 17.7 Å². The van der Waals surface area contributed by atoms with Crippen molar-refractivity contribution in [2.75, 3.05) is 6.54 Å². The largest absolute Gasteiger partial charge is 0.369 e. The summed E-state index contributed by atoms with van der Waals surface area (Å²) in [7, 11) is 0. The van der Waals surface area contributed by atoms with Crippen molar-refractivity contribution in [2.45, 2.75) is 6.23 Å². The number of carbonyl (C=O) groups is 1. The SMILES string of the molecule is C=CCN1C(=O)c2ccccc2[C@H]1O. The average molecular weight is 189 g/mol. The van der Waals surface area contributed by atoms with Crippen LogP contribution >= 0.6 is 0 Å². The molecule has 0 saturated carbocycles. The molecule has 1 N–H and O–H groups in total. The number of hydrogen-bond donors (Lipinski definition) is 1. The summed E-state index contributed by atoms with van der Waals surface area (Å²) in [6.45, 7) is 3.92. The smallest absolute Gasteiger partial charge is 0.256 e. The van der Waals surface area contributed by atoms with Crippen molar-refractivity contribution < 1.29 is 9.90 Å². The molecule has 0 unspecified atom stereocenters. The molecular formula is C11H11NO2. The van der Waals surface area contributed by atoms with Crippen molar-refractivity contribution in [3.63, 3.8) is 0 Å². The molecule has 1 aromatic carbocycles. The van der Waals surface area contributed by atoms with Gasteiger partial charge in [-0.3, -0.25) is 4.79 Å². The summed E-state index contributed by atoms with van der Waals surface area (Å²) < 4.78 is 0. The van der Waals surface area contributed by atoms with E-state index in [1.807, 2.05) is 6.07 Å². The van der Waals surface area contributed by atoms with Gasteiger partial charge in [0.15, 0.2) is 6.23 Å². The number of benzene rings is 1. The summed E-state index contributed by atoms with van der Waals surface area (Å²) in [5, 5.41) is 9.80. The monoisotopic (exact) mass is 189 g/mol. The van der Waals surface area contributed by atoms with Crippen LogP contribution in [0.3, 0.4) is 0 Å². The minimum atomic E-state index is -0.822. The fourth-order valence-electron chi connectivity index (χ4n) is 1.67. The van der Waals surface area contributed by atoms with Crippen molar-refractivity contribution in [3.8, 4) is 0 Å². The Kier molecular flexibility index (Phi) is 2.09. The maximum Gasteiger partial charge on any atom is 0.256 e. The molecule has 0 spiro atoms. The fourth-order valence-corrected chi connectivity index (χ4v) is 1.67. The lowest BCUT2D eigenvalue weighted by Gasteiger charge is -2.18. The molecule has 1 amide bonds. The summed E-state index contributed by atoms with van der Waals surface area (Å²) in [6, 6.07) is 7.10. The predicted octanol–water partition coefficient (Wildman–Crippen LogP) is 1.32. The van der Waals surface area contributed by atoms with Crippen LogP contribution in [0.2, 0.25) is 0 Å². The molecule has 1 aromatic rings. The highest BCUT2D eigenvalue weighted by Crippen LogP contribution is 2.30. The molecule has 0 bridgehead atoms. The zero-order valence-electron chi connectivity index (χ0n) is 7.68. The minimum Gasteiger partial charge on any atom is -0.369 e.